The minimum atomic E-state index is -1.18. The van der Waals surface area contributed by atoms with E-state index in [4.69, 9.17) is 44.6 Å². The molecule has 24 heavy (non-hydrogen) atoms. The Kier molecular flexibility index (Phi) is 5.94. The SMILES string of the molecule is C[C@@H](Oc1ccc(Cl)cc1Cl)C(=O)Nc1cc(Cl)ccc1C(=O)O. The number of nitrogens with one attached hydrogen (secondary N) is 1. The van der Waals surface area contributed by atoms with E-state index in [-0.39, 0.29) is 22.0 Å². The summed E-state index contributed by atoms with van der Waals surface area (Å²) in [5.41, 5.74) is 0.00197. The highest BCUT2D eigenvalue weighted by atomic mass is 35.5. The predicted molar refractivity (Wildman–Crippen MR) is 93.6 cm³/mol. The van der Waals surface area contributed by atoms with Crippen LogP contribution in [0.4, 0.5) is 5.69 Å². The number of anilines is 1. The van der Waals surface area contributed by atoms with Crippen LogP contribution in [-0.2, 0) is 4.79 Å². The Morgan fingerprint density at radius 2 is 1.71 bits per heavy atom. The first-order valence-corrected chi connectivity index (χ1v) is 7.86. The molecule has 0 aliphatic carbocycles. The Balaban J connectivity index is 2.14. The van der Waals surface area contributed by atoms with Crippen molar-refractivity contribution < 1.29 is 19.4 Å². The minimum Gasteiger partial charge on any atom is -0.479 e. The quantitative estimate of drug-likeness (QED) is 0.775. The fourth-order valence-electron chi connectivity index (χ4n) is 1.86. The number of benzene rings is 2. The second kappa shape index (κ2) is 7.75. The molecular formula is C16H12Cl3NO4. The molecule has 2 aromatic rings. The molecule has 1 atom stereocenters. The molecule has 2 N–H and O–H groups in total. The number of ether oxygens (including phenoxy) is 1. The van der Waals surface area contributed by atoms with Crippen molar-refractivity contribution in [3.05, 3.63) is 57.0 Å². The molecule has 0 saturated carbocycles. The first kappa shape index (κ1) is 18.4. The topological polar surface area (TPSA) is 75.6 Å². The Morgan fingerprint density at radius 3 is 2.33 bits per heavy atom. The van der Waals surface area contributed by atoms with Gasteiger partial charge in [-0.2, -0.15) is 0 Å². The van der Waals surface area contributed by atoms with Crippen LogP contribution in [-0.4, -0.2) is 23.1 Å². The summed E-state index contributed by atoms with van der Waals surface area (Å²) in [5, 5.41) is 12.6. The van der Waals surface area contributed by atoms with E-state index in [1.165, 1.54) is 37.3 Å². The average molecular weight is 389 g/mol. The van der Waals surface area contributed by atoms with Crippen LogP contribution < -0.4 is 10.1 Å². The highest BCUT2D eigenvalue weighted by Crippen LogP contribution is 2.28. The second-order valence-electron chi connectivity index (χ2n) is 4.82. The number of carbonyl (C=O) groups is 2. The molecule has 0 spiro atoms. The summed E-state index contributed by atoms with van der Waals surface area (Å²) in [7, 11) is 0. The third-order valence-electron chi connectivity index (χ3n) is 3.04. The molecular weight excluding hydrogens is 377 g/mol. The van der Waals surface area contributed by atoms with Gasteiger partial charge >= 0.3 is 5.97 Å². The van der Waals surface area contributed by atoms with Crippen LogP contribution in [0.5, 0.6) is 5.75 Å². The van der Waals surface area contributed by atoms with Crippen molar-refractivity contribution >= 4 is 52.4 Å². The van der Waals surface area contributed by atoms with Crippen LogP contribution in [0.1, 0.15) is 17.3 Å². The molecule has 0 heterocycles. The molecule has 0 aromatic heterocycles. The van der Waals surface area contributed by atoms with Crippen molar-refractivity contribution in [3.63, 3.8) is 0 Å². The standard InChI is InChI=1S/C16H12Cl3NO4/c1-8(24-14-5-3-9(17)6-12(14)19)15(21)20-13-7-10(18)2-4-11(13)16(22)23/h2-8H,1H3,(H,20,21)(H,22,23)/t8-/m1/s1. The van der Waals surface area contributed by atoms with Gasteiger partial charge in [0.1, 0.15) is 5.75 Å². The van der Waals surface area contributed by atoms with Gasteiger partial charge in [-0.1, -0.05) is 34.8 Å². The van der Waals surface area contributed by atoms with Crippen molar-refractivity contribution in [2.24, 2.45) is 0 Å². The highest BCUT2D eigenvalue weighted by Gasteiger charge is 2.19. The molecule has 0 aliphatic rings. The number of hydrogen-bond donors (Lipinski definition) is 2. The van der Waals surface area contributed by atoms with Gasteiger partial charge < -0.3 is 15.2 Å². The lowest BCUT2D eigenvalue weighted by molar-refractivity contribution is -0.122. The van der Waals surface area contributed by atoms with Gasteiger partial charge in [0.2, 0.25) is 0 Å². The fourth-order valence-corrected chi connectivity index (χ4v) is 2.48. The van der Waals surface area contributed by atoms with Crippen LogP contribution in [0.15, 0.2) is 36.4 Å². The third-order valence-corrected chi connectivity index (χ3v) is 3.80. The Morgan fingerprint density at radius 1 is 1.08 bits per heavy atom. The number of carboxylic acid groups (broad SMARTS) is 1. The molecule has 0 aliphatic heterocycles. The second-order valence-corrected chi connectivity index (χ2v) is 6.10. The summed E-state index contributed by atoms with van der Waals surface area (Å²) < 4.78 is 5.48. The van der Waals surface area contributed by atoms with Gasteiger partial charge in [-0.15, -0.1) is 0 Å². The molecule has 5 nitrogen and oxygen atoms in total. The summed E-state index contributed by atoms with van der Waals surface area (Å²) in [4.78, 5) is 23.4. The van der Waals surface area contributed by atoms with E-state index in [2.05, 4.69) is 5.32 Å². The van der Waals surface area contributed by atoms with Gasteiger partial charge in [-0.05, 0) is 43.3 Å². The van der Waals surface area contributed by atoms with E-state index in [0.29, 0.717) is 10.0 Å². The molecule has 8 heteroatoms. The number of hydrogen-bond acceptors (Lipinski definition) is 3. The number of amides is 1. The highest BCUT2D eigenvalue weighted by molar-refractivity contribution is 6.35. The summed E-state index contributed by atoms with van der Waals surface area (Å²) >= 11 is 17.6. The maximum absolute atomic E-state index is 12.2. The maximum atomic E-state index is 12.2. The smallest absolute Gasteiger partial charge is 0.337 e. The number of halogens is 3. The first-order chi connectivity index (χ1) is 11.3. The van der Waals surface area contributed by atoms with Crippen LogP contribution >= 0.6 is 34.8 Å². The van der Waals surface area contributed by atoms with Crippen LogP contribution in [0, 0.1) is 0 Å². The monoisotopic (exact) mass is 387 g/mol. The lowest BCUT2D eigenvalue weighted by atomic mass is 10.1. The zero-order valence-electron chi connectivity index (χ0n) is 12.3. The largest absolute Gasteiger partial charge is 0.479 e. The summed E-state index contributed by atoms with van der Waals surface area (Å²) in [6, 6.07) is 8.69. The van der Waals surface area contributed by atoms with Crippen LogP contribution in [0.25, 0.3) is 0 Å². The van der Waals surface area contributed by atoms with E-state index in [0.717, 1.165) is 0 Å². The van der Waals surface area contributed by atoms with Crippen LogP contribution in [0.2, 0.25) is 15.1 Å². The first-order valence-electron chi connectivity index (χ1n) is 6.73. The lowest BCUT2D eigenvalue weighted by Gasteiger charge is -2.16. The van der Waals surface area contributed by atoms with E-state index in [1.807, 2.05) is 0 Å². The van der Waals surface area contributed by atoms with Gasteiger partial charge in [-0.3, -0.25) is 4.79 Å². The molecule has 2 rings (SSSR count). The summed E-state index contributed by atoms with van der Waals surface area (Å²) in [6.45, 7) is 1.51. The van der Waals surface area contributed by atoms with Crippen LogP contribution in [0.3, 0.4) is 0 Å². The molecule has 0 radical (unpaired) electrons. The Labute approximate surface area is 153 Å². The number of rotatable bonds is 5. The zero-order valence-corrected chi connectivity index (χ0v) is 14.6. The molecule has 0 fully saturated rings. The van der Waals surface area contributed by atoms with Crippen molar-refractivity contribution in [1.82, 2.24) is 0 Å². The molecule has 0 saturated heterocycles. The molecule has 126 valence electrons. The van der Waals surface area contributed by atoms with Crippen molar-refractivity contribution in [2.45, 2.75) is 13.0 Å². The van der Waals surface area contributed by atoms with Crippen molar-refractivity contribution in [1.29, 1.82) is 0 Å². The number of carbonyl (C=O) groups excluding carboxylic acids is 1. The molecule has 0 unspecified atom stereocenters. The number of carboxylic acids is 1. The third kappa shape index (κ3) is 4.54. The fraction of sp³-hybridized carbons (Fsp3) is 0.125. The maximum Gasteiger partial charge on any atom is 0.337 e. The normalized spacial score (nSPS) is 11.7. The van der Waals surface area contributed by atoms with Gasteiger partial charge in [0.05, 0.1) is 16.3 Å². The van der Waals surface area contributed by atoms with E-state index >= 15 is 0 Å². The Hall–Kier alpha value is -1.95. The predicted octanol–water partition coefficient (Wildman–Crippen LogP) is 4.75. The van der Waals surface area contributed by atoms with Crippen molar-refractivity contribution in [2.75, 3.05) is 5.32 Å². The summed E-state index contributed by atoms with van der Waals surface area (Å²) in [6.07, 6.45) is -0.927. The number of aromatic carboxylic acids is 1. The van der Waals surface area contributed by atoms with Gasteiger partial charge in [-0.25, -0.2) is 4.79 Å². The van der Waals surface area contributed by atoms with Gasteiger partial charge in [0.25, 0.3) is 5.91 Å². The average Bonchev–Trinajstić information content (AvgIpc) is 2.49. The van der Waals surface area contributed by atoms with E-state index in [1.54, 1.807) is 6.07 Å². The Bertz CT molecular complexity index is 795. The van der Waals surface area contributed by atoms with Crippen molar-refractivity contribution in [3.8, 4) is 5.75 Å². The zero-order chi connectivity index (χ0) is 17.9. The molecule has 2 aromatic carbocycles. The molecule has 0 bridgehead atoms. The van der Waals surface area contributed by atoms with Gasteiger partial charge in [0.15, 0.2) is 6.10 Å². The lowest BCUT2D eigenvalue weighted by Crippen LogP contribution is -2.30. The van der Waals surface area contributed by atoms with E-state index in [9.17, 15) is 9.59 Å². The minimum absolute atomic E-state index is 0.0792. The summed E-state index contributed by atoms with van der Waals surface area (Å²) in [5.74, 6) is -1.45. The molecule has 1 amide bonds. The van der Waals surface area contributed by atoms with E-state index < -0.39 is 18.0 Å². The van der Waals surface area contributed by atoms with Gasteiger partial charge in [0, 0.05) is 10.0 Å².